The van der Waals surface area contributed by atoms with E-state index in [1.54, 1.807) is 19.2 Å². The van der Waals surface area contributed by atoms with E-state index < -0.39 is 0 Å². The molecule has 1 saturated heterocycles. The van der Waals surface area contributed by atoms with Crippen LogP contribution in [-0.4, -0.2) is 67.1 Å². The molecule has 0 N–H and O–H groups in total. The SMILES string of the molecule is COCCN1CCN(C(=O)c2cc(C)nc3cc(F)ccc23)CC1. The fraction of sp³-hybridized carbons (Fsp3) is 0.444. The van der Waals surface area contributed by atoms with Crippen LogP contribution < -0.4 is 0 Å². The molecule has 1 aliphatic heterocycles. The van der Waals surface area contributed by atoms with Gasteiger partial charge in [-0.2, -0.15) is 0 Å². The topological polar surface area (TPSA) is 45.7 Å². The summed E-state index contributed by atoms with van der Waals surface area (Å²) in [6, 6.07) is 6.18. The molecule has 1 fully saturated rings. The zero-order valence-corrected chi connectivity index (χ0v) is 14.1. The van der Waals surface area contributed by atoms with Gasteiger partial charge in [0.2, 0.25) is 0 Å². The van der Waals surface area contributed by atoms with E-state index >= 15 is 0 Å². The minimum Gasteiger partial charge on any atom is -0.383 e. The number of amides is 1. The molecule has 128 valence electrons. The molecule has 5 nitrogen and oxygen atoms in total. The molecule has 0 saturated carbocycles. The number of hydrogen-bond acceptors (Lipinski definition) is 4. The van der Waals surface area contributed by atoms with Gasteiger partial charge in [0.25, 0.3) is 5.91 Å². The van der Waals surface area contributed by atoms with E-state index in [2.05, 4.69) is 9.88 Å². The Balaban J connectivity index is 1.80. The third kappa shape index (κ3) is 3.55. The molecule has 0 spiro atoms. The van der Waals surface area contributed by atoms with Crippen molar-refractivity contribution in [3.63, 3.8) is 0 Å². The summed E-state index contributed by atoms with van der Waals surface area (Å²) in [5.74, 6) is -0.353. The summed E-state index contributed by atoms with van der Waals surface area (Å²) in [6.07, 6.45) is 0. The fourth-order valence-electron chi connectivity index (χ4n) is 3.08. The Morgan fingerprint density at radius 3 is 2.71 bits per heavy atom. The molecule has 6 heteroatoms. The summed E-state index contributed by atoms with van der Waals surface area (Å²) in [7, 11) is 1.69. The van der Waals surface area contributed by atoms with Crippen molar-refractivity contribution in [3.05, 3.63) is 41.3 Å². The van der Waals surface area contributed by atoms with Crippen LogP contribution in [0.25, 0.3) is 10.9 Å². The number of rotatable bonds is 4. The molecule has 1 aliphatic rings. The summed E-state index contributed by atoms with van der Waals surface area (Å²) < 4.78 is 18.5. The van der Waals surface area contributed by atoms with Crippen LogP contribution in [0.3, 0.4) is 0 Å². The maximum absolute atomic E-state index is 13.4. The largest absolute Gasteiger partial charge is 0.383 e. The molecule has 2 heterocycles. The highest BCUT2D eigenvalue weighted by Gasteiger charge is 2.23. The number of methoxy groups -OCH3 is 1. The predicted molar refractivity (Wildman–Crippen MR) is 90.7 cm³/mol. The van der Waals surface area contributed by atoms with Crippen LogP contribution in [0.2, 0.25) is 0 Å². The van der Waals surface area contributed by atoms with E-state index in [1.807, 2.05) is 11.8 Å². The molecular formula is C18H22FN3O2. The third-order valence-electron chi connectivity index (χ3n) is 4.40. The lowest BCUT2D eigenvalue weighted by molar-refractivity contribution is 0.0596. The highest BCUT2D eigenvalue weighted by molar-refractivity contribution is 6.06. The number of halogens is 1. The number of benzene rings is 1. The summed E-state index contributed by atoms with van der Waals surface area (Å²) >= 11 is 0. The first-order valence-electron chi connectivity index (χ1n) is 8.16. The van der Waals surface area contributed by atoms with Crippen LogP contribution in [0, 0.1) is 12.7 Å². The number of pyridine rings is 1. The molecular weight excluding hydrogens is 309 g/mol. The average Bonchev–Trinajstić information content (AvgIpc) is 2.58. The normalized spacial score (nSPS) is 15.9. The summed E-state index contributed by atoms with van der Waals surface area (Å²) in [5, 5.41) is 0.703. The Morgan fingerprint density at radius 2 is 2.00 bits per heavy atom. The van der Waals surface area contributed by atoms with Gasteiger partial charge >= 0.3 is 0 Å². The number of fused-ring (bicyclic) bond motifs is 1. The number of hydrogen-bond donors (Lipinski definition) is 0. The monoisotopic (exact) mass is 331 g/mol. The summed E-state index contributed by atoms with van der Waals surface area (Å²) in [6.45, 7) is 6.46. The smallest absolute Gasteiger partial charge is 0.254 e. The molecule has 2 aromatic rings. The highest BCUT2D eigenvalue weighted by Crippen LogP contribution is 2.21. The highest BCUT2D eigenvalue weighted by atomic mass is 19.1. The third-order valence-corrected chi connectivity index (χ3v) is 4.40. The fourth-order valence-corrected chi connectivity index (χ4v) is 3.08. The van der Waals surface area contributed by atoms with Gasteiger partial charge in [0.1, 0.15) is 5.82 Å². The maximum Gasteiger partial charge on any atom is 0.254 e. The second-order valence-corrected chi connectivity index (χ2v) is 6.10. The molecule has 1 aromatic heterocycles. The Morgan fingerprint density at radius 1 is 1.25 bits per heavy atom. The Kier molecular flexibility index (Phi) is 5.06. The van der Waals surface area contributed by atoms with Gasteiger partial charge in [-0.05, 0) is 25.1 Å². The molecule has 1 amide bonds. The average molecular weight is 331 g/mol. The first-order chi connectivity index (χ1) is 11.6. The van der Waals surface area contributed by atoms with E-state index in [9.17, 15) is 9.18 Å². The van der Waals surface area contributed by atoms with E-state index in [1.165, 1.54) is 12.1 Å². The zero-order valence-electron chi connectivity index (χ0n) is 14.1. The molecule has 0 radical (unpaired) electrons. The van der Waals surface area contributed by atoms with Crippen LogP contribution in [-0.2, 0) is 4.74 Å². The lowest BCUT2D eigenvalue weighted by Crippen LogP contribution is -2.49. The van der Waals surface area contributed by atoms with Crippen LogP contribution in [0.15, 0.2) is 24.3 Å². The van der Waals surface area contributed by atoms with Gasteiger partial charge in [-0.1, -0.05) is 0 Å². The van der Waals surface area contributed by atoms with E-state index in [-0.39, 0.29) is 11.7 Å². The first kappa shape index (κ1) is 16.8. The number of aryl methyl sites for hydroxylation is 1. The molecule has 0 atom stereocenters. The second kappa shape index (κ2) is 7.23. The zero-order chi connectivity index (χ0) is 17.1. The second-order valence-electron chi connectivity index (χ2n) is 6.10. The maximum atomic E-state index is 13.4. The van der Waals surface area contributed by atoms with Crippen molar-refractivity contribution in [3.8, 4) is 0 Å². The number of ether oxygens (including phenoxy) is 1. The lowest BCUT2D eigenvalue weighted by atomic mass is 10.1. The molecule has 0 aliphatic carbocycles. The molecule has 0 bridgehead atoms. The van der Waals surface area contributed by atoms with E-state index in [0.29, 0.717) is 36.2 Å². The van der Waals surface area contributed by atoms with Crippen molar-refractivity contribution in [2.45, 2.75) is 6.92 Å². The number of piperazine rings is 1. The number of aromatic nitrogens is 1. The quantitative estimate of drug-likeness (QED) is 0.861. The van der Waals surface area contributed by atoms with Crippen molar-refractivity contribution in [1.29, 1.82) is 0 Å². The van der Waals surface area contributed by atoms with Crippen LogP contribution >= 0.6 is 0 Å². The van der Waals surface area contributed by atoms with Gasteiger partial charge in [-0.15, -0.1) is 0 Å². The van der Waals surface area contributed by atoms with Crippen LogP contribution in [0.5, 0.6) is 0 Å². The van der Waals surface area contributed by atoms with Crippen LogP contribution in [0.4, 0.5) is 4.39 Å². The number of carbonyl (C=O) groups is 1. The van der Waals surface area contributed by atoms with Crippen molar-refractivity contribution < 1.29 is 13.9 Å². The lowest BCUT2D eigenvalue weighted by Gasteiger charge is -2.34. The van der Waals surface area contributed by atoms with Gasteiger partial charge in [0.05, 0.1) is 17.7 Å². The van der Waals surface area contributed by atoms with Crippen molar-refractivity contribution in [2.24, 2.45) is 0 Å². The van der Waals surface area contributed by atoms with Gasteiger partial charge < -0.3 is 9.64 Å². The van der Waals surface area contributed by atoms with Gasteiger partial charge in [-0.3, -0.25) is 14.7 Å². The standard InChI is InChI=1S/C18H22FN3O2/c1-13-11-16(15-4-3-14(19)12-17(15)20-13)18(23)22-7-5-21(6-8-22)9-10-24-2/h3-4,11-12H,5-10H2,1-2H3. The van der Waals surface area contributed by atoms with Gasteiger partial charge in [0.15, 0.2) is 0 Å². The summed E-state index contributed by atoms with van der Waals surface area (Å²) in [4.78, 5) is 21.4. The summed E-state index contributed by atoms with van der Waals surface area (Å²) in [5.41, 5.74) is 1.84. The van der Waals surface area contributed by atoms with E-state index in [0.717, 1.165) is 25.3 Å². The van der Waals surface area contributed by atoms with Crippen molar-refractivity contribution in [1.82, 2.24) is 14.8 Å². The molecule has 3 rings (SSSR count). The van der Waals surface area contributed by atoms with Gasteiger partial charge in [-0.25, -0.2) is 4.39 Å². The van der Waals surface area contributed by atoms with Crippen molar-refractivity contribution in [2.75, 3.05) is 46.4 Å². The van der Waals surface area contributed by atoms with E-state index in [4.69, 9.17) is 4.74 Å². The predicted octanol–water partition coefficient (Wildman–Crippen LogP) is 2.09. The Bertz CT molecular complexity index is 737. The number of carbonyl (C=O) groups excluding carboxylic acids is 1. The molecule has 24 heavy (non-hydrogen) atoms. The first-order valence-corrected chi connectivity index (χ1v) is 8.16. The molecule has 1 aromatic carbocycles. The Labute approximate surface area is 141 Å². The van der Waals surface area contributed by atoms with Gasteiger partial charge in [0, 0.05) is 57.0 Å². The van der Waals surface area contributed by atoms with Crippen molar-refractivity contribution >= 4 is 16.8 Å². The number of nitrogens with zero attached hydrogens (tertiary/aromatic N) is 3. The minimum atomic E-state index is -0.342. The van der Waals surface area contributed by atoms with Crippen LogP contribution in [0.1, 0.15) is 16.1 Å². The Hall–Kier alpha value is -2.05. The molecule has 0 unspecified atom stereocenters. The minimum absolute atomic E-state index is 0.0106.